The number of carboxylic acid groups (broad SMARTS) is 1. The van der Waals surface area contributed by atoms with Gasteiger partial charge >= 0.3 is 5.97 Å². The number of amides is 1. The molecule has 5 heteroatoms. The number of hydrogen-bond donors (Lipinski definition) is 2. The number of fused-ring (bicyclic) bond motifs is 1. The summed E-state index contributed by atoms with van der Waals surface area (Å²) in [6.45, 7) is 0.561. The number of hydrogen-bond acceptors (Lipinski definition) is 3. The molecule has 0 radical (unpaired) electrons. The number of nitrogens with one attached hydrogen (secondary N) is 1. The molecule has 0 saturated carbocycles. The van der Waals surface area contributed by atoms with Crippen molar-refractivity contribution in [2.75, 3.05) is 18.6 Å². The predicted molar refractivity (Wildman–Crippen MR) is 81.6 cm³/mol. The first kappa shape index (κ1) is 14.4. The third-order valence-corrected chi connectivity index (χ3v) is 3.58. The van der Waals surface area contributed by atoms with Crippen LogP contribution in [0.15, 0.2) is 36.4 Å². The SMILES string of the molecule is CSCCNC(=O)c1cccc2cccc(C(=O)O)c12. The first-order valence-corrected chi connectivity index (χ1v) is 7.56. The van der Waals surface area contributed by atoms with Crippen molar-refractivity contribution in [1.29, 1.82) is 0 Å². The number of carbonyl (C=O) groups is 2. The zero-order valence-electron chi connectivity index (χ0n) is 11.1. The van der Waals surface area contributed by atoms with Gasteiger partial charge in [0.1, 0.15) is 0 Å². The molecule has 104 valence electrons. The molecule has 4 nitrogen and oxygen atoms in total. The molecule has 2 rings (SSSR count). The summed E-state index contributed by atoms with van der Waals surface area (Å²) in [4.78, 5) is 23.5. The first-order chi connectivity index (χ1) is 9.65. The standard InChI is InChI=1S/C15H15NO3S/c1-20-9-8-16-14(17)11-6-2-4-10-5-3-7-12(13(10)11)15(18)19/h2-7H,8-9H2,1H3,(H,16,17)(H,18,19). The quantitative estimate of drug-likeness (QED) is 0.830. The monoisotopic (exact) mass is 289 g/mol. The number of thioether (sulfide) groups is 1. The molecular weight excluding hydrogens is 274 g/mol. The molecule has 0 spiro atoms. The summed E-state index contributed by atoms with van der Waals surface area (Å²) in [6.07, 6.45) is 1.96. The van der Waals surface area contributed by atoms with Crippen molar-refractivity contribution >= 4 is 34.4 Å². The van der Waals surface area contributed by atoms with E-state index >= 15 is 0 Å². The van der Waals surface area contributed by atoms with Gasteiger partial charge in [0.15, 0.2) is 0 Å². The smallest absolute Gasteiger partial charge is 0.336 e. The maximum atomic E-state index is 12.2. The molecule has 20 heavy (non-hydrogen) atoms. The molecule has 0 aromatic heterocycles. The van der Waals surface area contributed by atoms with E-state index in [4.69, 9.17) is 0 Å². The van der Waals surface area contributed by atoms with Crippen LogP contribution < -0.4 is 5.32 Å². The van der Waals surface area contributed by atoms with Crippen molar-refractivity contribution < 1.29 is 14.7 Å². The minimum absolute atomic E-state index is 0.151. The summed E-state index contributed by atoms with van der Waals surface area (Å²) >= 11 is 1.64. The van der Waals surface area contributed by atoms with Gasteiger partial charge in [0.2, 0.25) is 0 Å². The van der Waals surface area contributed by atoms with E-state index in [2.05, 4.69) is 5.32 Å². The summed E-state index contributed by atoms with van der Waals surface area (Å²) in [6, 6.07) is 10.2. The Bertz CT molecular complexity index is 649. The molecule has 0 fully saturated rings. The summed E-state index contributed by atoms with van der Waals surface area (Å²) in [5.74, 6) is -0.444. The maximum absolute atomic E-state index is 12.2. The second-order valence-electron chi connectivity index (χ2n) is 4.26. The van der Waals surface area contributed by atoms with Crippen molar-refractivity contribution in [1.82, 2.24) is 5.32 Å². The van der Waals surface area contributed by atoms with Crippen LogP contribution in [0.5, 0.6) is 0 Å². The van der Waals surface area contributed by atoms with Gasteiger partial charge in [0, 0.05) is 23.2 Å². The molecule has 0 aliphatic heterocycles. The molecule has 0 saturated heterocycles. The fourth-order valence-corrected chi connectivity index (χ4v) is 2.38. The van der Waals surface area contributed by atoms with E-state index in [1.807, 2.05) is 6.26 Å². The van der Waals surface area contributed by atoms with Gasteiger partial charge in [-0.15, -0.1) is 0 Å². The lowest BCUT2D eigenvalue weighted by atomic mass is 9.99. The molecule has 0 atom stereocenters. The topological polar surface area (TPSA) is 66.4 Å². The molecular formula is C15H15NO3S. The maximum Gasteiger partial charge on any atom is 0.336 e. The normalized spacial score (nSPS) is 10.4. The summed E-state index contributed by atoms with van der Waals surface area (Å²) in [7, 11) is 0. The largest absolute Gasteiger partial charge is 0.478 e. The predicted octanol–water partition coefficient (Wildman–Crippen LogP) is 2.63. The van der Waals surface area contributed by atoms with Crippen molar-refractivity contribution in [3.8, 4) is 0 Å². The Morgan fingerprint density at radius 2 is 1.80 bits per heavy atom. The average molecular weight is 289 g/mol. The first-order valence-electron chi connectivity index (χ1n) is 6.17. The van der Waals surface area contributed by atoms with Crippen LogP contribution in [0.1, 0.15) is 20.7 Å². The van der Waals surface area contributed by atoms with Crippen LogP contribution in [0.3, 0.4) is 0 Å². The van der Waals surface area contributed by atoms with Crippen LogP contribution in [0.25, 0.3) is 10.8 Å². The van der Waals surface area contributed by atoms with Crippen molar-refractivity contribution in [3.05, 3.63) is 47.5 Å². The van der Waals surface area contributed by atoms with E-state index in [1.54, 1.807) is 42.1 Å². The zero-order chi connectivity index (χ0) is 14.5. The lowest BCUT2D eigenvalue weighted by Gasteiger charge is -2.09. The van der Waals surface area contributed by atoms with E-state index in [9.17, 15) is 14.7 Å². The molecule has 2 aromatic carbocycles. The number of carbonyl (C=O) groups excluding carboxylic acids is 1. The van der Waals surface area contributed by atoms with Gasteiger partial charge in [0.25, 0.3) is 5.91 Å². The van der Waals surface area contributed by atoms with Crippen LogP contribution in [0.2, 0.25) is 0 Å². The van der Waals surface area contributed by atoms with E-state index < -0.39 is 5.97 Å². The third kappa shape index (κ3) is 2.93. The minimum atomic E-state index is -1.03. The van der Waals surface area contributed by atoms with E-state index in [0.29, 0.717) is 17.5 Å². The Balaban J connectivity index is 2.47. The summed E-state index contributed by atoms with van der Waals surface area (Å²) < 4.78 is 0. The number of benzene rings is 2. The minimum Gasteiger partial charge on any atom is -0.478 e. The van der Waals surface area contributed by atoms with Gasteiger partial charge in [-0.1, -0.05) is 24.3 Å². The highest BCUT2D eigenvalue weighted by Crippen LogP contribution is 2.23. The van der Waals surface area contributed by atoms with Crippen molar-refractivity contribution in [2.45, 2.75) is 0 Å². The highest BCUT2D eigenvalue weighted by atomic mass is 32.2. The van der Waals surface area contributed by atoms with Gasteiger partial charge in [-0.2, -0.15) is 11.8 Å². The Kier molecular flexibility index (Phi) is 4.63. The van der Waals surface area contributed by atoms with E-state index in [0.717, 1.165) is 11.1 Å². The Hall–Kier alpha value is -2.01. The second-order valence-corrected chi connectivity index (χ2v) is 5.25. The average Bonchev–Trinajstić information content (AvgIpc) is 2.46. The van der Waals surface area contributed by atoms with Gasteiger partial charge in [0.05, 0.1) is 5.56 Å². The van der Waals surface area contributed by atoms with Gasteiger partial charge in [-0.05, 0) is 23.8 Å². The molecule has 0 aliphatic carbocycles. The van der Waals surface area contributed by atoms with Crippen molar-refractivity contribution in [3.63, 3.8) is 0 Å². The van der Waals surface area contributed by atoms with Gasteiger partial charge in [-0.25, -0.2) is 4.79 Å². The number of aromatic carboxylic acids is 1. The van der Waals surface area contributed by atoms with Crippen molar-refractivity contribution in [2.24, 2.45) is 0 Å². The van der Waals surface area contributed by atoms with Crippen LogP contribution in [0, 0.1) is 0 Å². The highest BCUT2D eigenvalue weighted by molar-refractivity contribution is 7.98. The third-order valence-electron chi connectivity index (χ3n) is 2.97. The number of rotatable bonds is 5. The fraction of sp³-hybridized carbons (Fsp3) is 0.200. The molecule has 0 heterocycles. The molecule has 0 aliphatic rings. The van der Waals surface area contributed by atoms with E-state index in [1.165, 1.54) is 6.07 Å². The van der Waals surface area contributed by atoms with E-state index in [-0.39, 0.29) is 11.5 Å². The Labute approximate surface area is 121 Å². The highest BCUT2D eigenvalue weighted by Gasteiger charge is 2.15. The van der Waals surface area contributed by atoms with Gasteiger partial charge < -0.3 is 10.4 Å². The number of carboxylic acids is 1. The molecule has 2 aromatic rings. The lowest BCUT2D eigenvalue weighted by molar-refractivity contribution is 0.0699. The molecule has 1 amide bonds. The van der Waals surface area contributed by atoms with Crippen LogP contribution >= 0.6 is 11.8 Å². The molecule has 0 bridgehead atoms. The zero-order valence-corrected chi connectivity index (χ0v) is 11.9. The molecule has 2 N–H and O–H groups in total. The van der Waals surface area contributed by atoms with Crippen LogP contribution in [0.4, 0.5) is 0 Å². The summed E-state index contributed by atoms with van der Waals surface area (Å²) in [5, 5.41) is 13.3. The summed E-state index contributed by atoms with van der Waals surface area (Å²) in [5.41, 5.74) is 0.555. The van der Waals surface area contributed by atoms with Crippen LogP contribution in [-0.2, 0) is 0 Å². The van der Waals surface area contributed by atoms with Gasteiger partial charge in [-0.3, -0.25) is 4.79 Å². The van der Waals surface area contributed by atoms with Crippen LogP contribution in [-0.4, -0.2) is 35.5 Å². The Morgan fingerprint density at radius 1 is 1.15 bits per heavy atom. The fourth-order valence-electron chi connectivity index (χ4n) is 2.07. The lowest BCUT2D eigenvalue weighted by Crippen LogP contribution is -2.26. The molecule has 0 unspecified atom stereocenters. The Morgan fingerprint density at radius 3 is 2.40 bits per heavy atom. The second kappa shape index (κ2) is 6.43.